The van der Waals surface area contributed by atoms with Crippen molar-refractivity contribution in [3.63, 3.8) is 0 Å². The predicted molar refractivity (Wildman–Crippen MR) is 76.0 cm³/mol. The van der Waals surface area contributed by atoms with Gasteiger partial charge >= 0.3 is 0 Å². The van der Waals surface area contributed by atoms with Gasteiger partial charge < -0.3 is 9.67 Å². The summed E-state index contributed by atoms with van der Waals surface area (Å²) in [5, 5.41) is 10.1. The number of hydrogen-bond donors (Lipinski definition) is 3. The SMILES string of the molecule is Oc1ccccc1C1NNCc2nc3ccccc3n21. The minimum atomic E-state index is -0.174. The second kappa shape index (κ2) is 4.33. The number of aromatic hydroxyl groups is 1. The molecule has 1 aromatic heterocycles. The van der Waals surface area contributed by atoms with Crippen molar-refractivity contribution in [2.75, 3.05) is 0 Å². The summed E-state index contributed by atoms with van der Waals surface area (Å²) in [6, 6.07) is 15.4. The summed E-state index contributed by atoms with van der Waals surface area (Å²) in [4.78, 5) is 4.64. The van der Waals surface area contributed by atoms with Crippen LogP contribution in [0.5, 0.6) is 5.75 Å². The molecule has 5 nitrogen and oxygen atoms in total. The summed E-state index contributed by atoms with van der Waals surface area (Å²) in [5.41, 5.74) is 9.21. The van der Waals surface area contributed by atoms with E-state index in [0.717, 1.165) is 22.4 Å². The Hall–Kier alpha value is -2.37. The Morgan fingerprint density at radius 3 is 2.80 bits per heavy atom. The highest BCUT2D eigenvalue weighted by Gasteiger charge is 2.25. The molecule has 0 saturated heterocycles. The number of phenols is 1. The van der Waals surface area contributed by atoms with Gasteiger partial charge in [-0.25, -0.2) is 15.8 Å². The molecule has 2 aromatic carbocycles. The smallest absolute Gasteiger partial charge is 0.128 e. The summed E-state index contributed by atoms with van der Waals surface area (Å²) >= 11 is 0. The number of aromatic nitrogens is 2. The van der Waals surface area contributed by atoms with Crippen LogP contribution in [-0.4, -0.2) is 14.7 Å². The molecular formula is C15H14N4O. The highest BCUT2D eigenvalue weighted by molar-refractivity contribution is 5.76. The van der Waals surface area contributed by atoms with E-state index in [1.165, 1.54) is 0 Å². The molecule has 1 aliphatic heterocycles. The highest BCUT2D eigenvalue weighted by atomic mass is 16.3. The molecule has 4 rings (SSSR count). The molecule has 0 bridgehead atoms. The molecule has 1 unspecified atom stereocenters. The van der Waals surface area contributed by atoms with Crippen LogP contribution in [0.15, 0.2) is 48.5 Å². The van der Waals surface area contributed by atoms with Crippen LogP contribution in [0.1, 0.15) is 17.6 Å². The van der Waals surface area contributed by atoms with Crippen molar-refractivity contribution in [3.8, 4) is 5.75 Å². The maximum Gasteiger partial charge on any atom is 0.128 e. The van der Waals surface area contributed by atoms with Crippen molar-refractivity contribution in [3.05, 3.63) is 59.9 Å². The fourth-order valence-electron chi connectivity index (χ4n) is 2.73. The summed E-state index contributed by atoms with van der Waals surface area (Å²) in [5.74, 6) is 1.23. The van der Waals surface area contributed by atoms with Crippen LogP contribution in [-0.2, 0) is 6.54 Å². The molecule has 2 heterocycles. The molecule has 100 valence electrons. The van der Waals surface area contributed by atoms with Crippen molar-refractivity contribution < 1.29 is 5.11 Å². The van der Waals surface area contributed by atoms with Crippen molar-refractivity contribution in [2.45, 2.75) is 12.7 Å². The minimum absolute atomic E-state index is 0.174. The van der Waals surface area contributed by atoms with Crippen LogP contribution in [0.3, 0.4) is 0 Å². The van der Waals surface area contributed by atoms with E-state index in [9.17, 15) is 5.11 Å². The van der Waals surface area contributed by atoms with E-state index in [0.29, 0.717) is 6.54 Å². The third-order valence-electron chi connectivity index (χ3n) is 3.64. The van der Waals surface area contributed by atoms with Crippen LogP contribution in [0.25, 0.3) is 11.0 Å². The molecule has 3 N–H and O–H groups in total. The number of rotatable bonds is 1. The van der Waals surface area contributed by atoms with Crippen molar-refractivity contribution in [2.24, 2.45) is 0 Å². The molecule has 0 spiro atoms. The fourth-order valence-corrected chi connectivity index (χ4v) is 2.73. The average Bonchev–Trinajstić information content (AvgIpc) is 2.86. The molecule has 0 radical (unpaired) electrons. The first-order valence-electron chi connectivity index (χ1n) is 6.57. The zero-order valence-electron chi connectivity index (χ0n) is 10.7. The van der Waals surface area contributed by atoms with E-state index >= 15 is 0 Å². The van der Waals surface area contributed by atoms with Gasteiger partial charge in [0.15, 0.2) is 0 Å². The lowest BCUT2D eigenvalue weighted by atomic mass is 10.1. The number of fused-ring (bicyclic) bond motifs is 3. The third kappa shape index (κ3) is 1.61. The quantitative estimate of drug-likeness (QED) is 0.629. The molecule has 1 atom stereocenters. The summed E-state index contributed by atoms with van der Waals surface area (Å²) < 4.78 is 2.13. The van der Waals surface area contributed by atoms with E-state index in [1.54, 1.807) is 6.07 Å². The molecular weight excluding hydrogens is 252 g/mol. The number of nitrogens with one attached hydrogen (secondary N) is 2. The van der Waals surface area contributed by atoms with Gasteiger partial charge in [0.05, 0.1) is 17.6 Å². The molecule has 0 fully saturated rings. The second-order valence-corrected chi connectivity index (χ2v) is 4.85. The largest absolute Gasteiger partial charge is 0.508 e. The van der Waals surface area contributed by atoms with E-state index < -0.39 is 0 Å². The lowest BCUT2D eigenvalue weighted by Crippen LogP contribution is -2.44. The van der Waals surface area contributed by atoms with Gasteiger partial charge in [0.1, 0.15) is 17.7 Å². The van der Waals surface area contributed by atoms with E-state index in [1.807, 2.05) is 42.5 Å². The van der Waals surface area contributed by atoms with E-state index in [-0.39, 0.29) is 11.9 Å². The van der Waals surface area contributed by atoms with Crippen LogP contribution in [0, 0.1) is 0 Å². The molecule has 0 amide bonds. The maximum absolute atomic E-state index is 10.1. The first-order valence-corrected chi connectivity index (χ1v) is 6.57. The Bertz CT molecular complexity index is 780. The number of hydrazine groups is 1. The lowest BCUT2D eigenvalue weighted by molar-refractivity contribution is 0.330. The molecule has 20 heavy (non-hydrogen) atoms. The number of nitrogens with zero attached hydrogens (tertiary/aromatic N) is 2. The Morgan fingerprint density at radius 1 is 1.10 bits per heavy atom. The first-order chi connectivity index (χ1) is 9.84. The molecule has 0 saturated carbocycles. The number of imidazole rings is 1. The normalized spacial score (nSPS) is 18.1. The Balaban J connectivity index is 1.96. The van der Waals surface area contributed by atoms with Gasteiger partial charge in [-0.2, -0.15) is 0 Å². The first kappa shape index (κ1) is 11.5. The number of benzene rings is 2. The minimum Gasteiger partial charge on any atom is -0.508 e. The van der Waals surface area contributed by atoms with Crippen molar-refractivity contribution in [1.29, 1.82) is 0 Å². The van der Waals surface area contributed by atoms with E-state index in [4.69, 9.17) is 0 Å². The maximum atomic E-state index is 10.1. The van der Waals surface area contributed by atoms with Crippen LogP contribution < -0.4 is 10.9 Å². The van der Waals surface area contributed by atoms with Gasteiger partial charge in [-0.05, 0) is 18.2 Å². The monoisotopic (exact) mass is 266 g/mol. The Labute approximate surface area is 115 Å². The number of hydrogen-bond acceptors (Lipinski definition) is 4. The van der Waals surface area contributed by atoms with Gasteiger partial charge in [-0.3, -0.25) is 0 Å². The Morgan fingerprint density at radius 2 is 1.90 bits per heavy atom. The van der Waals surface area contributed by atoms with Gasteiger partial charge in [0, 0.05) is 5.56 Å². The van der Waals surface area contributed by atoms with Crippen molar-refractivity contribution in [1.82, 2.24) is 20.4 Å². The van der Waals surface area contributed by atoms with Crippen LogP contribution >= 0.6 is 0 Å². The summed E-state index contributed by atoms with van der Waals surface area (Å²) in [7, 11) is 0. The predicted octanol–water partition coefficient (Wildman–Crippen LogP) is 1.90. The van der Waals surface area contributed by atoms with Gasteiger partial charge in [0.25, 0.3) is 0 Å². The zero-order valence-corrected chi connectivity index (χ0v) is 10.7. The molecule has 3 aromatic rings. The Kier molecular flexibility index (Phi) is 2.48. The summed E-state index contributed by atoms with van der Waals surface area (Å²) in [6.07, 6.45) is -0.174. The van der Waals surface area contributed by atoms with Crippen LogP contribution in [0.2, 0.25) is 0 Å². The molecule has 5 heteroatoms. The lowest BCUT2D eigenvalue weighted by Gasteiger charge is -2.28. The van der Waals surface area contributed by atoms with Crippen molar-refractivity contribution >= 4 is 11.0 Å². The van der Waals surface area contributed by atoms with E-state index in [2.05, 4.69) is 20.4 Å². The average molecular weight is 266 g/mol. The zero-order chi connectivity index (χ0) is 13.5. The molecule has 1 aliphatic rings. The summed E-state index contributed by atoms with van der Waals surface area (Å²) in [6.45, 7) is 0.652. The number of phenolic OH excluding ortho intramolecular Hbond substituents is 1. The van der Waals surface area contributed by atoms with Gasteiger partial charge in [-0.1, -0.05) is 30.3 Å². The standard InChI is InChI=1S/C15H14N4O/c20-13-8-4-1-5-10(13)15-18-16-9-14-17-11-6-2-3-7-12(11)19(14)15/h1-8,15-16,18,20H,9H2. The van der Waals surface area contributed by atoms with Gasteiger partial charge in [-0.15, -0.1) is 0 Å². The third-order valence-corrected chi connectivity index (χ3v) is 3.64. The fraction of sp³-hybridized carbons (Fsp3) is 0.133. The van der Waals surface area contributed by atoms with Gasteiger partial charge in [0.2, 0.25) is 0 Å². The highest BCUT2D eigenvalue weighted by Crippen LogP contribution is 2.30. The number of para-hydroxylation sites is 3. The second-order valence-electron chi connectivity index (χ2n) is 4.85. The van der Waals surface area contributed by atoms with Crippen LogP contribution in [0.4, 0.5) is 0 Å². The molecule has 0 aliphatic carbocycles. The topological polar surface area (TPSA) is 62.1 Å².